The Hall–Kier alpha value is -0.0800. The van der Waals surface area contributed by atoms with Crippen molar-refractivity contribution in [1.82, 2.24) is 4.90 Å². The molecule has 0 saturated carbocycles. The predicted octanol–water partition coefficient (Wildman–Crippen LogP) is 4.58. The number of hydrogen-bond acceptors (Lipinski definition) is 2. The summed E-state index contributed by atoms with van der Waals surface area (Å²) in [5.74, 6) is 0. The topological polar surface area (TPSA) is 29.3 Å². The molecule has 0 heterocycles. The predicted molar refractivity (Wildman–Crippen MR) is 87.6 cm³/mol. The second kappa shape index (κ2) is 14.3. The summed E-state index contributed by atoms with van der Waals surface area (Å²) in [6, 6.07) is 0.744. The summed E-state index contributed by atoms with van der Waals surface area (Å²) in [6.45, 7) is 10.00. The third-order valence-corrected chi connectivity index (χ3v) is 4.17. The molecule has 0 aliphatic heterocycles. The van der Waals surface area contributed by atoms with E-state index in [1.807, 2.05) is 0 Å². The van der Waals surface area contributed by atoms with Gasteiger partial charge >= 0.3 is 0 Å². The van der Waals surface area contributed by atoms with E-state index < -0.39 is 0 Å². The van der Waals surface area contributed by atoms with E-state index in [9.17, 15) is 0 Å². The zero-order valence-electron chi connectivity index (χ0n) is 13.8. The molecule has 0 spiro atoms. The minimum absolute atomic E-state index is 0.744. The molecule has 2 heteroatoms. The number of nitrogens with zero attached hydrogens (tertiary/aromatic N) is 1. The van der Waals surface area contributed by atoms with E-state index in [1.54, 1.807) is 0 Å². The monoisotopic (exact) mass is 270 g/mol. The van der Waals surface area contributed by atoms with Crippen LogP contribution in [0.25, 0.3) is 0 Å². The van der Waals surface area contributed by atoms with Crippen LogP contribution in [0.1, 0.15) is 85.0 Å². The second-order valence-corrected chi connectivity index (χ2v) is 5.77. The van der Waals surface area contributed by atoms with Crippen LogP contribution in [0.5, 0.6) is 0 Å². The molecular formula is C17H38N2. The van der Waals surface area contributed by atoms with E-state index >= 15 is 0 Å². The summed E-state index contributed by atoms with van der Waals surface area (Å²) in [6.07, 6.45) is 13.8. The first-order valence-electron chi connectivity index (χ1n) is 8.74. The molecule has 0 aromatic carbocycles. The van der Waals surface area contributed by atoms with Gasteiger partial charge in [0.25, 0.3) is 0 Å². The molecular weight excluding hydrogens is 232 g/mol. The van der Waals surface area contributed by atoms with Gasteiger partial charge in [-0.25, -0.2) is 0 Å². The van der Waals surface area contributed by atoms with Crippen LogP contribution in [0, 0.1) is 0 Å². The molecule has 0 bridgehead atoms. The first-order chi connectivity index (χ1) is 9.29. The molecule has 0 saturated heterocycles. The van der Waals surface area contributed by atoms with Crippen molar-refractivity contribution in [3.05, 3.63) is 0 Å². The first-order valence-corrected chi connectivity index (χ1v) is 8.74. The largest absolute Gasteiger partial charge is 0.329 e. The van der Waals surface area contributed by atoms with Crippen LogP contribution >= 0.6 is 0 Å². The van der Waals surface area contributed by atoms with Gasteiger partial charge in [-0.1, -0.05) is 65.7 Å². The van der Waals surface area contributed by atoms with Gasteiger partial charge in [-0.05, 0) is 25.8 Å². The van der Waals surface area contributed by atoms with Crippen molar-refractivity contribution in [1.29, 1.82) is 0 Å². The fourth-order valence-electron chi connectivity index (χ4n) is 2.90. The molecule has 0 rings (SSSR count). The Kier molecular flexibility index (Phi) is 14.3. The Balaban J connectivity index is 3.58. The molecule has 19 heavy (non-hydrogen) atoms. The Bertz CT molecular complexity index is 167. The smallest absolute Gasteiger partial charge is 0.0108 e. The Morgan fingerprint density at radius 3 is 1.74 bits per heavy atom. The summed E-state index contributed by atoms with van der Waals surface area (Å²) in [5.41, 5.74) is 5.73. The van der Waals surface area contributed by atoms with Gasteiger partial charge in [0.1, 0.15) is 0 Å². The first kappa shape index (κ1) is 18.9. The average molecular weight is 271 g/mol. The van der Waals surface area contributed by atoms with Crippen molar-refractivity contribution < 1.29 is 0 Å². The van der Waals surface area contributed by atoms with Crippen molar-refractivity contribution in [3.8, 4) is 0 Å². The highest BCUT2D eigenvalue weighted by molar-refractivity contribution is 4.69. The van der Waals surface area contributed by atoms with Crippen LogP contribution in [0.15, 0.2) is 0 Å². The van der Waals surface area contributed by atoms with E-state index in [0.29, 0.717) is 0 Å². The lowest BCUT2D eigenvalue weighted by molar-refractivity contribution is 0.187. The quantitative estimate of drug-likeness (QED) is 0.468. The summed E-state index contributed by atoms with van der Waals surface area (Å²) in [4.78, 5) is 2.61. The Morgan fingerprint density at radius 1 is 0.737 bits per heavy atom. The highest BCUT2D eigenvalue weighted by Crippen LogP contribution is 2.12. The fraction of sp³-hybridized carbons (Fsp3) is 1.00. The van der Waals surface area contributed by atoms with Crippen LogP contribution in [-0.2, 0) is 0 Å². The molecule has 2 N–H and O–H groups in total. The zero-order valence-corrected chi connectivity index (χ0v) is 13.8. The van der Waals surface area contributed by atoms with Crippen LogP contribution < -0.4 is 5.73 Å². The van der Waals surface area contributed by atoms with Gasteiger partial charge in [-0.2, -0.15) is 0 Å². The van der Waals surface area contributed by atoms with Crippen molar-refractivity contribution in [3.63, 3.8) is 0 Å². The molecule has 116 valence electrons. The van der Waals surface area contributed by atoms with E-state index in [0.717, 1.165) is 19.1 Å². The van der Waals surface area contributed by atoms with Gasteiger partial charge in [0.15, 0.2) is 0 Å². The standard InChI is InChI=1S/C17H38N2/c1-4-7-8-9-10-11-12-13-15-19(16-14-18)17(5-2)6-3/h17H,4-16,18H2,1-3H3. The lowest BCUT2D eigenvalue weighted by atomic mass is 10.1. The summed E-state index contributed by atoms with van der Waals surface area (Å²) in [5, 5.41) is 0. The third-order valence-electron chi connectivity index (χ3n) is 4.17. The molecule has 0 aromatic rings. The molecule has 0 unspecified atom stereocenters. The van der Waals surface area contributed by atoms with Crippen molar-refractivity contribution in [2.24, 2.45) is 5.73 Å². The van der Waals surface area contributed by atoms with Crippen LogP contribution in [-0.4, -0.2) is 30.6 Å². The minimum atomic E-state index is 0.744. The number of unbranched alkanes of at least 4 members (excludes halogenated alkanes) is 7. The van der Waals surface area contributed by atoms with Gasteiger partial charge in [-0.15, -0.1) is 0 Å². The summed E-state index contributed by atoms with van der Waals surface area (Å²) in [7, 11) is 0. The van der Waals surface area contributed by atoms with E-state index in [2.05, 4.69) is 25.7 Å². The lowest BCUT2D eigenvalue weighted by Gasteiger charge is -2.30. The fourth-order valence-corrected chi connectivity index (χ4v) is 2.90. The van der Waals surface area contributed by atoms with Crippen molar-refractivity contribution in [2.45, 2.75) is 91.0 Å². The highest BCUT2D eigenvalue weighted by atomic mass is 15.2. The zero-order chi connectivity index (χ0) is 14.3. The Labute approximate surface area is 122 Å². The number of hydrogen-bond donors (Lipinski definition) is 1. The SMILES string of the molecule is CCCCCCCCCCN(CCN)C(CC)CC. The molecule has 0 atom stereocenters. The minimum Gasteiger partial charge on any atom is -0.329 e. The lowest BCUT2D eigenvalue weighted by Crippen LogP contribution is -2.38. The van der Waals surface area contributed by atoms with E-state index in [1.165, 1.54) is 70.8 Å². The maximum atomic E-state index is 5.73. The summed E-state index contributed by atoms with van der Waals surface area (Å²) < 4.78 is 0. The molecule has 0 radical (unpaired) electrons. The summed E-state index contributed by atoms with van der Waals surface area (Å²) >= 11 is 0. The van der Waals surface area contributed by atoms with Gasteiger partial charge in [0.05, 0.1) is 0 Å². The van der Waals surface area contributed by atoms with Gasteiger partial charge < -0.3 is 5.73 Å². The molecule has 0 amide bonds. The maximum absolute atomic E-state index is 5.73. The normalized spacial score (nSPS) is 11.7. The second-order valence-electron chi connectivity index (χ2n) is 5.77. The van der Waals surface area contributed by atoms with Gasteiger partial charge in [0.2, 0.25) is 0 Å². The Morgan fingerprint density at radius 2 is 1.26 bits per heavy atom. The molecule has 0 fully saturated rings. The molecule has 0 aliphatic rings. The van der Waals surface area contributed by atoms with Crippen molar-refractivity contribution >= 4 is 0 Å². The number of rotatable bonds is 14. The molecule has 0 aromatic heterocycles. The van der Waals surface area contributed by atoms with E-state index in [4.69, 9.17) is 5.73 Å². The van der Waals surface area contributed by atoms with Crippen LogP contribution in [0.4, 0.5) is 0 Å². The van der Waals surface area contributed by atoms with Crippen molar-refractivity contribution in [2.75, 3.05) is 19.6 Å². The average Bonchev–Trinajstić information content (AvgIpc) is 2.43. The number of nitrogens with two attached hydrogens (primary N) is 1. The third kappa shape index (κ3) is 10.4. The van der Waals surface area contributed by atoms with Gasteiger partial charge in [0, 0.05) is 19.1 Å². The van der Waals surface area contributed by atoms with Crippen LogP contribution in [0.3, 0.4) is 0 Å². The van der Waals surface area contributed by atoms with Gasteiger partial charge in [-0.3, -0.25) is 4.90 Å². The highest BCUT2D eigenvalue weighted by Gasteiger charge is 2.13. The maximum Gasteiger partial charge on any atom is 0.0108 e. The van der Waals surface area contributed by atoms with Crippen LogP contribution in [0.2, 0.25) is 0 Å². The van der Waals surface area contributed by atoms with E-state index in [-0.39, 0.29) is 0 Å². The molecule has 0 aliphatic carbocycles. The molecule has 2 nitrogen and oxygen atoms in total.